The number of Topliss-reactive ketones (excluding diaryl/α,β-unsaturated/α-hetero) is 1. The first kappa shape index (κ1) is 24.2. The Hall–Kier alpha value is -2.97. The van der Waals surface area contributed by atoms with E-state index in [0.29, 0.717) is 56.2 Å². The molecule has 0 aromatic heterocycles. The molecule has 0 unspecified atom stereocenters. The van der Waals surface area contributed by atoms with Crippen LogP contribution >= 0.6 is 0 Å². The molecule has 1 aliphatic carbocycles. The lowest BCUT2D eigenvalue weighted by atomic mass is 9.64. The number of anilines is 1. The summed E-state index contributed by atoms with van der Waals surface area (Å²) in [5.41, 5.74) is -0.297. The number of hydrogen-bond acceptors (Lipinski definition) is 5. The van der Waals surface area contributed by atoms with E-state index in [4.69, 9.17) is 0 Å². The number of rotatable bonds is 4. The summed E-state index contributed by atoms with van der Waals surface area (Å²) in [5, 5.41) is 2.90. The fraction of sp³-hybridized carbons (Fsp3) is 0.600. The number of benzene rings is 1. The summed E-state index contributed by atoms with van der Waals surface area (Å²) in [6.45, 7) is 8.94. The van der Waals surface area contributed by atoms with E-state index in [1.54, 1.807) is 17.0 Å². The smallest absolute Gasteiger partial charge is 0.325 e. The summed E-state index contributed by atoms with van der Waals surface area (Å²) < 4.78 is 14.5. The van der Waals surface area contributed by atoms with Gasteiger partial charge < -0.3 is 15.1 Å². The molecule has 1 aromatic carbocycles. The van der Waals surface area contributed by atoms with E-state index in [1.165, 1.54) is 13.0 Å². The van der Waals surface area contributed by atoms with Crippen molar-refractivity contribution in [1.29, 1.82) is 0 Å². The Morgan fingerprint density at radius 3 is 2.38 bits per heavy atom. The van der Waals surface area contributed by atoms with Gasteiger partial charge in [0.1, 0.15) is 17.9 Å². The molecule has 4 amide bonds. The Bertz CT molecular complexity index is 1030. The molecule has 2 saturated heterocycles. The topological polar surface area (TPSA) is 90.0 Å². The van der Waals surface area contributed by atoms with Gasteiger partial charge in [-0.1, -0.05) is 20.8 Å². The van der Waals surface area contributed by atoms with E-state index < -0.39 is 17.4 Å². The highest BCUT2D eigenvalue weighted by atomic mass is 19.1. The Morgan fingerprint density at radius 1 is 1.12 bits per heavy atom. The van der Waals surface area contributed by atoms with E-state index in [1.807, 2.05) is 4.90 Å². The maximum absolute atomic E-state index is 14.5. The summed E-state index contributed by atoms with van der Waals surface area (Å²) in [5.74, 6) is -0.981. The Kier molecular flexibility index (Phi) is 6.16. The average Bonchev–Trinajstić information content (AvgIpc) is 2.95. The van der Waals surface area contributed by atoms with Crippen LogP contribution in [0.2, 0.25) is 0 Å². The standard InChI is InChI=1S/C25H33FN4O4/c1-16-12-24(3,4)15-25(13-16)22(33)30(23(34)27-25)14-21(32)29-9-7-28(8-10-29)20-6-5-18(17(2)31)11-19(20)26/h5-6,11,16H,7-10,12-15H2,1-4H3,(H,27,34)/t16-,25+/m1/s1. The Labute approximate surface area is 199 Å². The molecular formula is C25H33FN4O4. The molecule has 0 radical (unpaired) electrons. The van der Waals surface area contributed by atoms with Gasteiger partial charge in [0.05, 0.1) is 5.69 Å². The maximum Gasteiger partial charge on any atom is 0.325 e. The number of halogens is 1. The predicted molar refractivity (Wildman–Crippen MR) is 125 cm³/mol. The lowest BCUT2D eigenvalue weighted by molar-refractivity contribution is -0.140. The number of ketones is 1. The first-order chi connectivity index (χ1) is 15.9. The maximum atomic E-state index is 14.5. The van der Waals surface area contributed by atoms with Gasteiger partial charge in [0.25, 0.3) is 5.91 Å². The van der Waals surface area contributed by atoms with Crippen LogP contribution in [0, 0.1) is 17.2 Å². The van der Waals surface area contributed by atoms with Gasteiger partial charge in [-0.3, -0.25) is 19.3 Å². The van der Waals surface area contributed by atoms with Gasteiger partial charge in [-0.05, 0) is 55.7 Å². The van der Waals surface area contributed by atoms with Crippen LogP contribution in [0.25, 0.3) is 0 Å². The third-order valence-electron chi connectivity index (χ3n) is 7.24. The van der Waals surface area contributed by atoms with Crippen LogP contribution in [0.3, 0.4) is 0 Å². The van der Waals surface area contributed by atoms with Crippen LogP contribution < -0.4 is 10.2 Å². The molecule has 2 atom stereocenters. The predicted octanol–water partition coefficient (Wildman–Crippen LogP) is 2.81. The molecule has 2 heterocycles. The highest BCUT2D eigenvalue weighted by molar-refractivity contribution is 6.09. The second kappa shape index (κ2) is 8.67. The van der Waals surface area contributed by atoms with Crippen LogP contribution in [0.1, 0.15) is 57.3 Å². The summed E-state index contributed by atoms with van der Waals surface area (Å²) in [4.78, 5) is 54.9. The van der Waals surface area contributed by atoms with Gasteiger partial charge >= 0.3 is 6.03 Å². The SMILES string of the molecule is CC(=O)c1ccc(N2CCN(C(=O)CN3C(=O)N[C@]4(C[C@H](C)CC(C)(C)C4)C3=O)CC2)c(F)c1. The molecule has 1 N–H and O–H groups in total. The van der Waals surface area contributed by atoms with E-state index in [2.05, 4.69) is 26.1 Å². The molecule has 184 valence electrons. The van der Waals surface area contributed by atoms with E-state index >= 15 is 0 Å². The summed E-state index contributed by atoms with van der Waals surface area (Å²) >= 11 is 0. The number of amides is 4. The number of urea groups is 1. The van der Waals surface area contributed by atoms with Crippen molar-refractivity contribution in [2.45, 2.75) is 52.5 Å². The van der Waals surface area contributed by atoms with Crippen molar-refractivity contribution in [3.05, 3.63) is 29.6 Å². The van der Waals surface area contributed by atoms with E-state index in [-0.39, 0.29) is 29.6 Å². The third kappa shape index (κ3) is 4.52. The van der Waals surface area contributed by atoms with Crippen molar-refractivity contribution in [2.24, 2.45) is 11.3 Å². The molecule has 9 heteroatoms. The summed E-state index contributed by atoms with van der Waals surface area (Å²) in [7, 11) is 0. The van der Waals surface area contributed by atoms with Gasteiger partial charge in [0.15, 0.2) is 5.78 Å². The minimum absolute atomic E-state index is 0.0746. The van der Waals surface area contributed by atoms with Gasteiger partial charge in [-0.15, -0.1) is 0 Å². The minimum atomic E-state index is -0.930. The largest absolute Gasteiger partial charge is 0.366 e. The lowest BCUT2D eigenvalue weighted by Gasteiger charge is -2.43. The van der Waals surface area contributed by atoms with Gasteiger partial charge in [0, 0.05) is 31.7 Å². The van der Waals surface area contributed by atoms with Gasteiger partial charge in [-0.25, -0.2) is 9.18 Å². The average molecular weight is 473 g/mol. The van der Waals surface area contributed by atoms with Crippen molar-refractivity contribution in [3.8, 4) is 0 Å². The number of nitrogens with one attached hydrogen (secondary N) is 1. The number of nitrogens with zero attached hydrogens (tertiary/aromatic N) is 3. The molecule has 1 saturated carbocycles. The van der Waals surface area contributed by atoms with Crippen LogP contribution in [-0.4, -0.2) is 71.7 Å². The van der Waals surface area contributed by atoms with Crippen LogP contribution in [0.5, 0.6) is 0 Å². The zero-order valence-corrected chi connectivity index (χ0v) is 20.3. The summed E-state index contributed by atoms with van der Waals surface area (Å²) in [6, 6.07) is 3.91. The number of hydrogen-bond donors (Lipinski definition) is 1. The number of carbonyl (C=O) groups excluding carboxylic acids is 4. The molecule has 34 heavy (non-hydrogen) atoms. The molecule has 1 spiro atoms. The highest BCUT2D eigenvalue weighted by Crippen LogP contribution is 2.46. The van der Waals surface area contributed by atoms with Crippen LogP contribution in [0.4, 0.5) is 14.9 Å². The first-order valence-electron chi connectivity index (χ1n) is 11.9. The minimum Gasteiger partial charge on any atom is -0.366 e. The molecule has 0 bridgehead atoms. The molecule has 3 fully saturated rings. The lowest BCUT2D eigenvalue weighted by Crippen LogP contribution is -2.55. The van der Waals surface area contributed by atoms with Crippen molar-refractivity contribution < 1.29 is 23.6 Å². The highest BCUT2D eigenvalue weighted by Gasteiger charge is 2.56. The normalized spacial score (nSPS) is 26.7. The molecule has 1 aromatic rings. The number of piperazine rings is 1. The number of imide groups is 1. The molecule has 8 nitrogen and oxygen atoms in total. The molecular weight excluding hydrogens is 439 g/mol. The van der Waals surface area contributed by atoms with E-state index in [0.717, 1.165) is 11.3 Å². The second-order valence-electron chi connectivity index (χ2n) is 10.8. The fourth-order valence-electron chi connectivity index (χ4n) is 6.06. The first-order valence-corrected chi connectivity index (χ1v) is 11.9. The van der Waals surface area contributed by atoms with Crippen LogP contribution in [-0.2, 0) is 9.59 Å². The zero-order chi connectivity index (χ0) is 24.8. The van der Waals surface area contributed by atoms with Crippen LogP contribution in [0.15, 0.2) is 18.2 Å². The Morgan fingerprint density at radius 2 is 1.79 bits per heavy atom. The fourth-order valence-corrected chi connectivity index (χ4v) is 6.06. The monoisotopic (exact) mass is 472 g/mol. The Balaban J connectivity index is 1.38. The van der Waals surface area contributed by atoms with Crippen molar-refractivity contribution in [1.82, 2.24) is 15.1 Å². The third-order valence-corrected chi connectivity index (χ3v) is 7.24. The van der Waals surface area contributed by atoms with Crippen molar-refractivity contribution in [2.75, 3.05) is 37.6 Å². The summed E-state index contributed by atoms with van der Waals surface area (Å²) in [6.07, 6.45) is 2.13. The van der Waals surface area contributed by atoms with Gasteiger partial charge in [0.2, 0.25) is 5.91 Å². The van der Waals surface area contributed by atoms with Gasteiger partial charge in [-0.2, -0.15) is 0 Å². The van der Waals surface area contributed by atoms with Crippen molar-refractivity contribution >= 4 is 29.3 Å². The quantitative estimate of drug-likeness (QED) is 0.538. The molecule has 4 rings (SSSR count). The zero-order valence-electron chi connectivity index (χ0n) is 20.3. The van der Waals surface area contributed by atoms with Crippen molar-refractivity contribution in [3.63, 3.8) is 0 Å². The molecule has 3 aliphatic rings. The van der Waals surface area contributed by atoms with E-state index in [9.17, 15) is 23.6 Å². The molecule has 2 aliphatic heterocycles. The number of carbonyl (C=O) groups is 4. The second-order valence-corrected chi connectivity index (χ2v) is 10.8.